The largest absolute Gasteiger partial charge is 0.383 e. The molecule has 1 aliphatic carbocycles. The number of hydrogen-bond acceptors (Lipinski definition) is 4. The van der Waals surface area contributed by atoms with Crippen LogP contribution in [0.15, 0.2) is 29.1 Å². The van der Waals surface area contributed by atoms with Crippen LogP contribution < -0.4 is 11.1 Å². The lowest BCUT2D eigenvalue weighted by Crippen LogP contribution is -2.31. The molecule has 1 amide bonds. The highest BCUT2D eigenvalue weighted by molar-refractivity contribution is 9.10. The van der Waals surface area contributed by atoms with Gasteiger partial charge in [-0.3, -0.25) is 4.79 Å². The van der Waals surface area contributed by atoms with Gasteiger partial charge < -0.3 is 15.6 Å². The quantitative estimate of drug-likeness (QED) is 0.629. The Bertz CT molecular complexity index is 1080. The third kappa shape index (κ3) is 3.27. The highest BCUT2D eigenvalue weighted by atomic mass is 79.9. The van der Waals surface area contributed by atoms with Crippen LogP contribution in [-0.2, 0) is 7.05 Å². The van der Waals surface area contributed by atoms with Gasteiger partial charge in [0.2, 0.25) is 0 Å². The van der Waals surface area contributed by atoms with Crippen molar-refractivity contribution in [3.05, 3.63) is 39.8 Å². The maximum Gasteiger partial charge on any atom is 0.271 e. The first-order valence-corrected chi connectivity index (χ1v) is 9.48. The van der Waals surface area contributed by atoms with E-state index in [0.717, 1.165) is 20.9 Å². The zero-order chi connectivity index (χ0) is 19.3. The van der Waals surface area contributed by atoms with E-state index in [4.69, 9.17) is 17.3 Å². The first kappa shape index (κ1) is 18.2. The number of halogens is 3. The maximum absolute atomic E-state index is 13.7. The number of nitrogens with one attached hydrogen (secondary N) is 1. The van der Waals surface area contributed by atoms with Crippen molar-refractivity contribution in [2.24, 2.45) is 7.05 Å². The van der Waals surface area contributed by atoms with Crippen molar-refractivity contribution >= 4 is 50.2 Å². The number of fused-ring (bicyclic) bond motifs is 1. The van der Waals surface area contributed by atoms with Crippen molar-refractivity contribution in [1.82, 2.24) is 19.9 Å². The predicted molar refractivity (Wildman–Crippen MR) is 106 cm³/mol. The molecule has 3 aromatic rings. The number of hydrogen-bond donors (Lipinski definition) is 2. The molecule has 9 heteroatoms. The van der Waals surface area contributed by atoms with Crippen LogP contribution >= 0.6 is 27.5 Å². The van der Waals surface area contributed by atoms with Gasteiger partial charge in [0.15, 0.2) is 0 Å². The molecule has 1 aliphatic rings. The molecule has 0 radical (unpaired) electrons. The number of anilines is 1. The van der Waals surface area contributed by atoms with Gasteiger partial charge in [-0.15, -0.1) is 0 Å². The highest BCUT2D eigenvalue weighted by Gasteiger charge is 2.43. The number of nitrogens with two attached hydrogens (primary N) is 1. The van der Waals surface area contributed by atoms with Gasteiger partial charge in [-0.1, -0.05) is 11.6 Å². The minimum absolute atomic E-state index is 0.0227. The average Bonchev–Trinajstić information content (AvgIpc) is 3.26. The number of aryl methyl sites for hydroxylation is 1. The van der Waals surface area contributed by atoms with Crippen molar-refractivity contribution in [3.8, 4) is 11.1 Å². The summed E-state index contributed by atoms with van der Waals surface area (Å²) in [6, 6.07) is 1.65. The molecule has 0 spiro atoms. The summed E-state index contributed by atoms with van der Waals surface area (Å²) >= 11 is 9.78. The van der Waals surface area contributed by atoms with E-state index in [0.29, 0.717) is 24.2 Å². The molecule has 0 saturated heterocycles. The van der Waals surface area contributed by atoms with Crippen molar-refractivity contribution in [2.75, 3.05) is 12.3 Å². The van der Waals surface area contributed by atoms with Crippen LogP contribution in [0.3, 0.4) is 0 Å². The van der Waals surface area contributed by atoms with Crippen molar-refractivity contribution in [3.63, 3.8) is 0 Å². The van der Waals surface area contributed by atoms with Gasteiger partial charge in [0.1, 0.15) is 17.2 Å². The van der Waals surface area contributed by atoms with E-state index in [1.54, 1.807) is 18.5 Å². The molecule has 0 atom stereocenters. The molecule has 1 fully saturated rings. The Labute approximate surface area is 168 Å². The number of alkyl halides is 1. The first-order chi connectivity index (χ1) is 12.8. The van der Waals surface area contributed by atoms with Crippen LogP contribution in [-0.4, -0.2) is 32.7 Å². The second-order valence-electron chi connectivity index (χ2n) is 6.76. The summed E-state index contributed by atoms with van der Waals surface area (Å²) in [5.41, 5.74) is 7.28. The summed E-state index contributed by atoms with van der Waals surface area (Å²) in [7, 11) is 1.90. The molecule has 0 aliphatic heterocycles. The molecule has 0 unspecified atom stereocenters. The third-order valence-electron chi connectivity index (χ3n) is 4.71. The minimum Gasteiger partial charge on any atom is -0.383 e. The monoisotopic (exact) mass is 451 g/mol. The van der Waals surface area contributed by atoms with E-state index >= 15 is 0 Å². The zero-order valence-corrected chi connectivity index (χ0v) is 16.7. The van der Waals surface area contributed by atoms with Gasteiger partial charge in [0.05, 0.1) is 26.9 Å². The van der Waals surface area contributed by atoms with Gasteiger partial charge in [-0.25, -0.2) is 14.4 Å². The van der Waals surface area contributed by atoms with Gasteiger partial charge in [0, 0.05) is 36.8 Å². The summed E-state index contributed by atoms with van der Waals surface area (Å²) in [5.74, 6) is -0.100. The van der Waals surface area contributed by atoms with E-state index in [2.05, 4.69) is 31.2 Å². The number of pyridine rings is 2. The lowest BCUT2D eigenvalue weighted by molar-refractivity contribution is 0.0933. The van der Waals surface area contributed by atoms with Crippen LogP contribution in [0, 0.1) is 0 Å². The zero-order valence-electron chi connectivity index (χ0n) is 14.4. The molecule has 0 aromatic carbocycles. The summed E-state index contributed by atoms with van der Waals surface area (Å²) < 4.78 is 16.4. The molecule has 27 heavy (non-hydrogen) atoms. The SMILES string of the molecule is Cn1cc(-c2cnc(C(=O)NCC3(F)CC3)c(Cl)c2)c2c(N)ncc(Br)c21. The van der Waals surface area contributed by atoms with Crippen LogP contribution in [0.1, 0.15) is 23.3 Å². The molecule has 140 valence electrons. The second-order valence-corrected chi connectivity index (χ2v) is 8.02. The molecular weight excluding hydrogens is 437 g/mol. The Morgan fingerprint density at radius 1 is 1.44 bits per heavy atom. The van der Waals surface area contributed by atoms with Gasteiger partial charge in [0.25, 0.3) is 5.91 Å². The number of rotatable bonds is 4. The second kappa shape index (κ2) is 6.45. The topological polar surface area (TPSA) is 85.8 Å². The number of carbonyl (C=O) groups is 1. The van der Waals surface area contributed by atoms with Crippen molar-refractivity contribution in [2.45, 2.75) is 18.5 Å². The summed E-state index contributed by atoms with van der Waals surface area (Å²) in [4.78, 5) is 20.6. The maximum atomic E-state index is 13.7. The van der Waals surface area contributed by atoms with Gasteiger partial charge >= 0.3 is 0 Å². The standard InChI is InChI=1S/C18H16BrClFN5O/c1-26-7-10(13-15(26)11(19)6-24-16(13)22)9-4-12(20)14(23-5-9)17(27)25-8-18(21)2-3-18/h4-7H,2-3,8H2,1H3,(H2,22,24)(H,25,27). The van der Waals surface area contributed by atoms with Gasteiger partial charge in [-0.05, 0) is 34.8 Å². The average molecular weight is 453 g/mol. The predicted octanol–water partition coefficient (Wildman–Crippen LogP) is 3.87. The molecule has 3 N–H and O–H groups in total. The van der Waals surface area contributed by atoms with E-state index in [-0.39, 0.29) is 17.3 Å². The third-order valence-corrected chi connectivity index (χ3v) is 5.57. The van der Waals surface area contributed by atoms with Gasteiger partial charge in [-0.2, -0.15) is 0 Å². The van der Waals surface area contributed by atoms with E-state index < -0.39 is 11.6 Å². The van der Waals surface area contributed by atoms with Crippen LogP contribution in [0.2, 0.25) is 5.02 Å². The summed E-state index contributed by atoms with van der Waals surface area (Å²) in [6.45, 7) is -0.0227. The molecule has 3 heterocycles. The molecule has 6 nitrogen and oxygen atoms in total. The van der Waals surface area contributed by atoms with E-state index in [9.17, 15) is 9.18 Å². The summed E-state index contributed by atoms with van der Waals surface area (Å²) in [5, 5.41) is 3.51. The molecular formula is C18H16BrClFN5O. The van der Waals surface area contributed by atoms with Crippen LogP contribution in [0.25, 0.3) is 22.0 Å². The summed E-state index contributed by atoms with van der Waals surface area (Å²) in [6.07, 6.45) is 6.05. The molecule has 1 saturated carbocycles. The number of aromatic nitrogens is 3. The smallest absolute Gasteiger partial charge is 0.271 e. The van der Waals surface area contributed by atoms with E-state index in [1.165, 1.54) is 0 Å². The van der Waals surface area contributed by atoms with Crippen LogP contribution in [0.4, 0.5) is 10.2 Å². The Balaban J connectivity index is 1.70. The molecule has 4 rings (SSSR count). The fraction of sp³-hybridized carbons (Fsp3) is 0.278. The fourth-order valence-corrected chi connectivity index (χ4v) is 3.86. The highest BCUT2D eigenvalue weighted by Crippen LogP contribution is 2.39. The first-order valence-electron chi connectivity index (χ1n) is 8.31. The number of nitrogens with zero attached hydrogens (tertiary/aromatic N) is 3. The number of amides is 1. The van der Waals surface area contributed by atoms with E-state index in [1.807, 2.05) is 17.8 Å². The van der Waals surface area contributed by atoms with Crippen molar-refractivity contribution < 1.29 is 9.18 Å². The molecule has 3 aromatic heterocycles. The lowest BCUT2D eigenvalue weighted by Gasteiger charge is -2.09. The van der Waals surface area contributed by atoms with Crippen LogP contribution in [0.5, 0.6) is 0 Å². The lowest BCUT2D eigenvalue weighted by atomic mass is 10.1. The number of nitrogen functional groups attached to an aromatic ring is 1. The Morgan fingerprint density at radius 2 is 2.19 bits per heavy atom. The molecule has 0 bridgehead atoms. The van der Waals surface area contributed by atoms with Crippen molar-refractivity contribution in [1.29, 1.82) is 0 Å². The Kier molecular flexibility index (Phi) is 4.35. The number of carbonyl (C=O) groups excluding carboxylic acids is 1. The Hall–Kier alpha value is -2.19. The minimum atomic E-state index is -1.27. The Morgan fingerprint density at radius 3 is 2.85 bits per heavy atom. The normalized spacial score (nSPS) is 15.1. The fourth-order valence-electron chi connectivity index (χ4n) is 3.03.